The summed E-state index contributed by atoms with van der Waals surface area (Å²) in [5, 5.41) is 2.66. The van der Waals surface area contributed by atoms with Gasteiger partial charge in [-0.3, -0.25) is 14.4 Å². The molecule has 1 aromatic rings. The smallest absolute Gasteiger partial charge is 0.253 e. The van der Waals surface area contributed by atoms with Crippen LogP contribution >= 0.6 is 0 Å². The largest absolute Gasteiger partial charge is 0.370 e. The van der Waals surface area contributed by atoms with E-state index >= 15 is 0 Å². The van der Waals surface area contributed by atoms with Crippen molar-refractivity contribution in [2.24, 2.45) is 5.73 Å². The van der Waals surface area contributed by atoms with Gasteiger partial charge in [0.1, 0.15) is 0 Å². The highest BCUT2D eigenvalue weighted by Crippen LogP contribution is 2.08. The standard InChI is InChI=1S/C11H15N3O3/c1-11(2,5-8(12)15)14-10(17)7-3-4-9(16)13-6-7/h3-4,6H,5H2,1-2H3,(H2,12,15)(H,13,16)(H,14,17). The number of nitrogens with two attached hydrogens (primary N) is 1. The Morgan fingerprint density at radius 2 is 2.06 bits per heavy atom. The Bertz CT molecular complexity index is 470. The van der Waals surface area contributed by atoms with Crippen LogP contribution in [0, 0.1) is 0 Å². The molecule has 0 aliphatic carbocycles. The summed E-state index contributed by atoms with van der Waals surface area (Å²) in [6, 6.07) is 2.67. The molecular formula is C11H15N3O3. The van der Waals surface area contributed by atoms with Crippen LogP contribution < -0.4 is 16.6 Å². The topological polar surface area (TPSA) is 105 Å². The Morgan fingerprint density at radius 1 is 1.41 bits per heavy atom. The van der Waals surface area contributed by atoms with E-state index in [9.17, 15) is 14.4 Å². The van der Waals surface area contributed by atoms with E-state index in [1.54, 1.807) is 13.8 Å². The van der Waals surface area contributed by atoms with Crippen molar-refractivity contribution in [3.63, 3.8) is 0 Å². The molecule has 0 spiro atoms. The first-order valence-electron chi connectivity index (χ1n) is 5.10. The van der Waals surface area contributed by atoms with Crippen molar-refractivity contribution in [1.82, 2.24) is 10.3 Å². The van der Waals surface area contributed by atoms with Crippen molar-refractivity contribution >= 4 is 11.8 Å². The average molecular weight is 237 g/mol. The SMILES string of the molecule is CC(C)(CC(N)=O)NC(=O)c1ccc(=O)[nH]c1. The molecule has 6 heteroatoms. The molecule has 0 radical (unpaired) electrons. The molecule has 0 atom stereocenters. The second-order valence-corrected chi connectivity index (χ2v) is 4.42. The fourth-order valence-electron chi connectivity index (χ4n) is 1.41. The summed E-state index contributed by atoms with van der Waals surface area (Å²) < 4.78 is 0. The Hall–Kier alpha value is -2.11. The summed E-state index contributed by atoms with van der Waals surface area (Å²) in [5.41, 5.74) is 4.39. The monoisotopic (exact) mass is 237 g/mol. The number of carbonyl (C=O) groups excluding carboxylic acids is 2. The number of aromatic amines is 1. The number of carbonyl (C=O) groups is 2. The third kappa shape index (κ3) is 4.10. The van der Waals surface area contributed by atoms with Crippen LogP contribution in [0.4, 0.5) is 0 Å². The normalized spacial score (nSPS) is 10.9. The molecule has 2 amide bonds. The Balaban J connectivity index is 2.75. The molecule has 0 aromatic carbocycles. The number of amides is 2. The molecule has 0 saturated heterocycles. The van der Waals surface area contributed by atoms with E-state index in [1.165, 1.54) is 18.3 Å². The molecule has 0 unspecified atom stereocenters. The average Bonchev–Trinajstić information content (AvgIpc) is 2.15. The number of pyridine rings is 1. The van der Waals surface area contributed by atoms with E-state index in [2.05, 4.69) is 10.3 Å². The van der Waals surface area contributed by atoms with E-state index < -0.39 is 11.4 Å². The van der Waals surface area contributed by atoms with Crippen molar-refractivity contribution in [3.05, 3.63) is 34.2 Å². The van der Waals surface area contributed by atoms with Crippen molar-refractivity contribution in [2.75, 3.05) is 0 Å². The lowest BCUT2D eigenvalue weighted by Gasteiger charge is -2.24. The van der Waals surface area contributed by atoms with Crippen LogP contribution in [0.25, 0.3) is 0 Å². The zero-order valence-electron chi connectivity index (χ0n) is 9.74. The first-order valence-corrected chi connectivity index (χ1v) is 5.10. The van der Waals surface area contributed by atoms with Gasteiger partial charge in [0.05, 0.1) is 5.56 Å². The number of aromatic nitrogens is 1. The summed E-state index contributed by atoms with van der Waals surface area (Å²) in [4.78, 5) is 35.8. The fraction of sp³-hybridized carbons (Fsp3) is 0.364. The van der Waals surface area contributed by atoms with Gasteiger partial charge >= 0.3 is 0 Å². The highest BCUT2D eigenvalue weighted by molar-refractivity contribution is 5.94. The molecule has 6 nitrogen and oxygen atoms in total. The van der Waals surface area contributed by atoms with Gasteiger partial charge in [0.25, 0.3) is 5.91 Å². The number of hydrogen-bond donors (Lipinski definition) is 3. The van der Waals surface area contributed by atoms with Gasteiger partial charge in [-0.25, -0.2) is 0 Å². The van der Waals surface area contributed by atoms with Gasteiger partial charge in [0.2, 0.25) is 11.5 Å². The Morgan fingerprint density at radius 3 is 2.53 bits per heavy atom. The van der Waals surface area contributed by atoms with Gasteiger partial charge in [-0.1, -0.05) is 0 Å². The Labute approximate surface area is 98.2 Å². The predicted molar refractivity (Wildman–Crippen MR) is 62.4 cm³/mol. The molecule has 1 aromatic heterocycles. The van der Waals surface area contributed by atoms with Gasteiger partial charge in [-0.2, -0.15) is 0 Å². The van der Waals surface area contributed by atoms with Crippen molar-refractivity contribution in [3.8, 4) is 0 Å². The van der Waals surface area contributed by atoms with Crippen molar-refractivity contribution < 1.29 is 9.59 Å². The third-order valence-corrected chi connectivity index (χ3v) is 2.11. The lowest BCUT2D eigenvalue weighted by molar-refractivity contribution is -0.119. The van der Waals surface area contributed by atoms with Crippen LogP contribution in [0.1, 0.15) is 30.6 Å². The molecule has 4 N–H and O–H groups in total. The summed E-state index contributed by atoms with van der Waals surface area (Å²) >= 11 is 0. The molecule has 0 fully saturated rings. The number of hydrogen-bond acceptors (Lipinski definition) is 3. The lowest BCUT2D eigenvalue weighted by Crippen LogP contribution is -2.46. The maximum Gasteiger partial charge on any atom is 0.253 e. The van der Waals surface area contributed by atoms with Crippen LogP contribution in [-0.2, 0) is 4.79 Å². The van der Waals surface area contributed by atoms with Crippen LogP contribution in [0.5, 0.6) is 0 Å². The zero-order chi connectivity index (χ0) is 13.1. The van der Waals surface area contributed by atoms with E-state index in [0.29, 0.717) is 5.56 Å². The van der Waals surface area contributed by atoms with Crippen molar-refractivity contribution in [2.45, 2.75) is 25.8 Å². The molecule has 17 heavy (non-hydrogen) atoms. The first-order chi connectivity index (χ1) is 7.80. The third-order valence-electron chi connectivity index (χ3n) is 2.11. The fourth-order valence-corrected chi connectivity index (χ4v) is 1.41. The highest BCUT2D eigenvalue weighted by Gasteiger charge is 2.23. The molecule has 0 aliphatic heterocycles. The summed E-state index contributed by atoms with van der Waals surface area (Å²) in [7, 11) is 0. The minimum Gasteiger partial charge on any atom is -0.370 e. The number of H-pyrrole nitrogens is 1. The minimum atomic E-state index is -0.723. The number of rotatable bonds is 4. The van der Waals surface area contributed by atoms with Gasteiger partial charge in [-0.15, -0.1) is 0 Å². The number of nitrogens with one attached hydrogen (secondary N) is 2. The molecule has 0 aliphatic rings. The van der Waals surface area contributed by atoms with Crippen molar-refractivity contribution in [1.29, 1.82) is 0 Å². The second kappa shape index (κ2) is 4.82. The second-order valence-electron chi connectivity index (χ2n) is 4.42. The maximum absolute atomic E-state index is 11.8. The van der Waals surface area contributed by atoms with E-state index in [4.69, 9.17) is 5.73 Å². The Kier molecular flexibility index (Phi) is 3.67. The number of primary amides is 1. The molecular weight excluding hydrogens is 222 g/mol. The van der Waals surface area contributed by atoms with Crippen LogP contribution in [0.3, 0.4) is 0 Å². The lowest BCUT2D eigenvalue weighted by atomic mass is 10.00. The van der Waals surface area contributed by atoms with Gasteiger partial charge in [0, 0.05) is 24.2 Å². The van der Waals surface area contributed by atoms with Crippen LogP contribution in [0.15, 0.2) is 23.1 Å². The summed E-state index contributed by atoms with van der Waals surface area (Å²) in [5.74, 6) is -0.857. The summed E-state index contributed by atoms with van der Waals surface area (Å²) in [6.45, 7) is 3.39. The van der Waals surface area contributed by atoms with Gasteiger partial charge in [0.15, 0.2) is 0 Å². The first kappa shape index (κ1) is 13.0. The molecule has 92 valence electrons. The predicted octanol–water partition coefficient (Wildman–Crippen LogP) is -0.241. The van der Waals surface area contributed by atoms with Crippen LogP contribution in [0.2, 0.25) is 0 Å². The quantitative estimate of drug-likeness (QED) is 0.672. The molecule has 0 saturated carbocycles. The van der Waals surface area contributed by atoms with Gasteiger partial charge in [-0.05, 0) is 19.9 Å². The molecule has 1 rings (SSSR count). The van der Waals surface area contributed by atoms with E-state index in [0.717, 1.165) is 0 Å². The van der Waals surface area contributed by atoms with E-state index in [-0.39, 0.29) is 17.9 Å². The van der Waals surface area contributed by atoms with Crippen LogP contribution in [-0.4, -0.2) is 22.3 Å². The van der Waals surface area contributed by atoms with E-state index in [1.807, 2.05) is 0 Å². The maximum atomic E-state index is 11.8. The van der Waals surface area contributed by atoms with Gasteiger partial charge < -0.3 is 16.0 Å². The molecule has 1 heterocycles. The zero-order valence-corrected chi connectivity index (χ0v) is 9.74. The minimum absolute atomic E-state index is 0.0437. The summed E-state index contributed by atoms with van der Waals surface area (Å²) in [6.07, 6.45) is 1.36. The highest BCUT2D eigenvalue weighted by atomic mass is 16.2. The molecule has 0 bridgehead atoms.